The molecule has 6 aromatic rings. The van der Waals surface area contributed by atoms with Crippen LogP contribution in [0.25, 0.3) is 54.4 Å². The molecule has 6 rings (SSSR count). The lowest BCUT2D eigenvalue weighted by Crippen LogP contribution is -1.89. The first-order valence-electron chi connectivity index (χ1n) is 10.1. The molecule has 0 bridgehead atoms. The van der Waals surface area contributed by atoms with Gasteiger partial charge in [0.2, 0.25) is 0 Å². The number of benzene rings is 2. The molecule has 0 aliphatic carbocycles. The van der Waals surface area contributed by atoms with Crippen molar-refractivity contribution < 1.29 is 0 Å². The zero-order valence-electron chi connectivity index (χ0n) is 16.8. The lowest BCUT2D eigenvalue weighted by Gasteiger charge is -2.12. The highest BCUT2D eigenvalue weighted by Gasteiger charge is 2.11. The third-order valence-electron chi connectivity index (χ3n) is 5.38. The number of hydrogen-bond donors (Lipinski definition) is 0. The van der Waals surface area contributed by atoms with Crippen molar-refractivity contribution in [2.45, 2.75) is 0 Å². The highest BCUT2D eigenvalue weighted by atomic mass is 32.1. The maximum Gasteiger partial charge on any atom is 0.141 e. The van der Waals surface area contributed by atoms with Crippen LogP contribution in [0.2, 0.25) is 0 Å². The molecule has 0 N–H and O–H groups in total. The molecule has 0 amide bonds. The van der Waals surface area contributed by atoms with Gasteiger partial charge in [-0.15, -0.1) is 22.7 Å². The first-order chi connectivity index (χ1) is 15.9. The van der Waals surface area contributed by atoms with Crippen LogP contribution >= 0.6 is 22.7 Å². The van der Waals surface area contributed by atoms with Crippen LogP contribution in [-0.2, 0) is 0 Å². The van der Waals surface area contributed by atoms with Crippen molar-refractivity contribution in [2.24, 2.45) is 0 Å². The molecule has 4 nitrogen and oxygen atoms in total. The second-order valence-electron chi connectivity index (χ2n) is 7.25. The van der Waals surface area contributed by atoms with Gasteiger partial charge in [-0.3, -0.25) is 9.97 Å². The standard InChI is InChI=1S/C26H16N4S2/c1-2-4-22-20(18-6-10-24(30-16-18)26-28-12-14-32-26)8-7-19(21(22)3-1)17-5-9-23(29-15-17)25-27-11-13-31-25/h1-16H. The van der Waals surface area contributed by atoms with Crippen molar-refractivity contribution in [3.8, 4) is 43.7 Å². The summed E-state index contributed by atoms with van der Waals surface area (Å²) in [5.74, 6) is 0. The summed E-state index contributed by atoms with van der Waals surface area (Å²) in [6.45, 7) is 0. The van der Waals surface area contributed by atoms with Gasteiger partial charge in [0.15, 0.2) is 0 Å². The maximum absolute atomic E-state index is 4.65. The van der Waals surface area contributed by atoms with Gasteiger partial charge in [-0.05, 0) is 34.0 Å². The van der Waals surface area contributed by atoms with E-state index in [-0.39, 0.29) is 0 Å². The summed E-state index contributed by atoms with van der Waals surface area (Å²) in [6.07, 6.45) is 7.48. The van der Waals surface area contributed by atoms with E-state index in [2.05, 4.69) is 68.5 Å². The van der Waals surface area contributed by atoms with Crippen LogP contribution in [0, 0.1) is 0 Å². The van der Waals surface area contributed by atoms with Gasteiger partial charge in [-0.2, -0.15) is 0 Å². The van der Waals surface area contributed by atoms with Gasteiger partial charge in [0.25, 0.3) is 0 Å². The minimum absolute atomic E-state index is 0.899. The van der Waals surface area contributed by atoms with E-state index in [1.165, 1.54) is 10.8 Å². The van der Waals surface area contributed by atoms with E-state index in [0.29, 0.717) is 0 Å². The Morgan fingerprint density at radius 2 is 1.00 bits per heavy atom. The third-order valence-corrected chi connectivity index (χ3v) is 6.97. The molecule has 0 saturated carbocycles. The molecule has 0 radical (unpaired) electrons. The summed E-state index contributed by atoms with van der Waals surface area (Å²) in [4.78, 5) is 18.0. The van der Waals surface area contributed by atoms with Crippen LogP contribution in [0.5, 0.6) is 0 Å². The lowest BCUT2D eigenvalue weighted by atomic mass is 9.93. The van der Waals surface area contributed by atoms with Crippen LogP contribution in [0.1, 0.15) is 0 Å². The SMILES string of the molecule is c1ccc2c(-c3ccc(-c4nccs4)nc3)ccc(-c3ccc(-c4nccs4)nc3)c2c1. The number of hydrogen-bond acceptors (Lipinski definition) is 6. The minimum atomic E-state index is 0.899. The lowest BCUT2D eigenvalue weighted by molar-refractivity contribution is 1.29. The quantitative estimate of drug-likeness (QED) is 0.286. The minimum Gasteiger partial charge on any atom is -0.253 e. The molecule has 152 valence electrons. The van der Waals surface area contributed by atoms with Crippen LogP contribution in [-0.4, -0.2) is 19.9 Å². The molecule has 4 aromatic heterocycles. The Morgan fingerprint density at radius 1 is 0.500 bits per heavy atom. The Balaban J connectivity index is 1.41. The molecule has 4 heterocycles. The molecule has 0 aliphatic heterocycles. The fourth-order valence-corrected chi connectivity index (χ4v) is 5.09. The van der Waals surface area contributed by atoms with Crippen molar-refractivity contribution in [1.29, 1.82) is 0 Å². The number of thiazole rings is 2. The van der Waals surface area contributed by atoms with Gasteiger partial charge >= 0.3 is 0 Å². The maximum atomic E-state index is 4.65. The van der Waals surface area contributed by atoms with E-state index in [9.17, 15) is 0 Å². The smallest absolute Gasteiger partial charge is 0.141 e. The van der Waals surface area contributed by atoms with Crippen molar-refractivity contribution >= 4 is 33.4 Å². The first-order valence-corrected chi connectivity index (χ1v) is 11.9. The Labute approximate surface area is 193 Å². The second kappa shape index (κ2) is 8.07. The number of fused-ring (bicyclic) bond motifs is 1. The molecule has 0 spiro atoms. The Kier molecular flexibility index (Phi) is 4.79. The fourth-order valence-electron chi connectivity index (χ4n) is 3.86. The largest absolute Gasteiger partial charge is 0.253 e. The van der Waals surface area contributed by atoms with Crippen LogP contribution in [0.15, 0.2) is 96.2 Å². The van der Waals surface area contributed by atoms with Gasteiger partial charge in [0.1, 0.15) is 10.0 Å². The van der Waals surface area contributed by atoms with Crippen molar-refractivity contribution in [1.82, 2.24) is 19.9 Å². The Hall–Kier alpha value is -3.74. The van der Waals surface area contributed by atoms with Crippen molar-refractivity contribution in [2.75, 3.05) is 0 Å². The first kappa shape index (κ1) is 19.0. The summed E-state index contributed by atoms with van der Waals surface area (Å²) in [5, 5.41) is 8.19. The molecular formula is C26H16N4S2. The highest BCUT2D eigenvalue weighted by molar-refractivity contribution is 7.13. The number of pyridine rings is 2. The number of nitrogens with zero attached hydrogens (tertiary/aromatic N) is 4. The molecule has 0 saturated heterocycles. The van der Waals surface area contributed by atoms with Crippen molar-refractivity contribution in [3.63, 3.8) is 0 Å². The number of rotatable bonds is 4. The molecular weight excluding hydrogens is 432 g/mol. The van der Waals surface area contributed by atoms with E-state index in [0.717, 1.165) is 43.7 Å². The Bertz CT molecular complexity index is 1370. The normalized spacial score (nSPS) is 11.1. The van der Waals surface area contributed by atoms with E-state index < -0.39 is 0 Å². The monoisotopic (exact) mass is 448 g/mol. The summed E-state index contributed by atoms with van der Waals surface area (Å²) in [6, 6.07) is 21.2. The summed E-state index contributed by atoms with van der Waals surface area (Å²) in [5.41, 5.74) is 6.30. The van der Waals surface area contributed by atoms with Crippen molar-refractivity contribution in [3.05, 3.63) is 96.2 Å². The molecule has 0 atom stereocenters. The molecule has 0 fully saturated rings. The molecule has 2 aromatic carbocycles. The summed E-state index contributed by atoms with van der Waals surface area (Å²) in [7, 11) is 0. The zero-order chi connectivity index (χ0) is 21.3. The molecule has 32 heavy (non-hydrogen) atoms. The predicted octanol–water partition coefficient (Wildman–Crippen LogP) is 7.21. The van der Waals surface area contributed by atoms with Gasteiger partial charge in [0, 0.05) is 46.7 Å². The fraction of sp³-hybridized carbons (Fsp3) is 0. The van der Waals surface area contributed by atoms with E-state index in [1.807, 2.05) is 35.3 Å². The van der Waals surface area contributed by atoms with Crippen LogP contribution in [0.4, 0.5) is 0 Å². The topological polar surface area (TPSA) is 51.6 Å². The predicted molar refractivity (Wildman–Crippen MR) is 133 cm³/mol. The number of aromatic nitrogens is 4. The van der Waals surface area contributed by atoms with Gasteiger partial charge in [0.05, 0.1) is 11.4 Å². The second-order valence-corrected chi connectivity index (χ2v) is 9.03. The summed E-state index contributed by atoms with van der Waals surface area (Å²) >= 11 is 3.19. The average molecular weight is 449 g/mol. The van der Waals surface area contributed by atoms with Gasteiger partial charge in [-0.25, -0.2) is 9.97 Å². The molecule has 0 unspecified atom stereocenters. The third kappa shape index (κ3) is 3.39. The van der Waals surface area contributed by atoms with Crippen LogP contribution in [0.3, 0.4) is 0 Å². The van der Waals surface area contributed by atoms with Crippen LogP contribution < -0.4 is 0 Å². The highest BCUT2D eigenvalue weighted by Crippen LogP contribution is 2.36. The van der Waals surface area contributed by atoms with E-state index in [4.69, 9.17) is 0 Å². The van der Waals surface area contributed by atoms with Gasteiger partial charge in [-0.1, -0.05) is 48.5 Å². The molecule has 6 heteroatoms. The van der Waals surface area contributed by atoms with E-state index >= 15 is 0 Å². The Morgan fingerprint density at radius 3 is 1.38 bits per heavy atom. The molecule has 0 aliphatic rings. The van der Waals surface area contributed by atoms with E-state index in [1.54, 1.807) is 35.1 Å². The zero-order valence-corrected chi connectivity index (χ0v) is 18.5. The van der Waals surface area contributed by atoms with Gasteiger partial charge < -0.3 is 0 Å². The summed E-state index contributed by atoms with van der Waals surface area (Å²) < 4.78 is 0. The average Bonchev–Trinajstić information content (AvgIpc) is 3.59.